The normalized spacial score (nSPS) is 23.6. The van der Waals surface area contributed by atoms with Crippen LogP contribution in [0.4, 0.5) is 5.69 Å². The van der Waals surface area contributed by atoms with Gasteiger partial charge in [0.2, 0.25) is 5.91 Å². The van der Waals surface area contributed by atoms with E-state index in [4.69, 9.17) is 0 Å². The second kappa shape index (κ2) is 8.73. The lowest BCUT2D eigenvalue weighted by Gasteiger charge is -2.39. The molecule has 1 N–H and O–H groups in total. The Labute approximate surface area is 162 Å². The Kier molecular flexibility index (Phi) is 6.36. The van der Waals surface area contributed by atoms with Crippen molar-refractivity contribution in [3.63, 3.8) is 0 Å². The van der Waals surface area contributed by atoms with Gasteiger partial charge < -0.3 is 15.1 Å². The van der Waals surface area contributed by atoms with E-state index in [1.807, 2.05) is 18.1 Å². The molecule has 2 atom stereocenters. The minimum Gasteiger partial charge on any atom is -0.355 e. The predicted molar refractivity (Wildman–Crippen MR) is 108 cm³/mol. The number of amides is 1. The largest absolute Gasteiger partial charge is 0.355 e. The predicted octanol–water partition coefficient (Wildman–Crippen LogP) is 0.907. The maximum Gasteiger partial charge on any atom is 0.246 e. The first kappa shape index (κ1) is 19.7. The van der Waals surface area contributed by atoms with E-state index in [9.17, 15) is 4.79 Å². The number of aromatic nitrogens is 2. The van der Waals surface area contributed by atoms with Gasteiger partial charge in [-0.3, -0.25) is 19.4 Å². The Hall–Kier alpha value is -2.09. The Morgan fingerprint density at radius 3 is 2.81 bits per heavy atom. The first-order chi connectivity index (χ1) is 13.0. The summed E-state index contributed by atoms with van der Waals surface area (Å²) in [6, 6.07) is 1.09. The average molecular weight is 376 g/mol. The second-order valence-electron chi connectivity index (χ2n) is 7.70. The number of hydrogen-bond acceptors (Lipinski definition) is 4. The number of nitrogens with one attached hydrogen (secondary N) is 1. The number of aliphatic imine (C=N–C) groups is 1. The number of piperidine rings is 1. The summed E-state index contributed by atoms with van der Waals surface area (Å²) in [6.45, 7) is 8.34. The SMILES string of the molecule is CN=C(NCC(C)N1CCCCC1C)N1CCN(c2cnn(C)c2)C(=O)C1. The highest BCUT2D eigenvalue weighted by atomic mass is 16.2. The summed E-state index contributed by atoms with van der Waals surface area (Å²) in [7, 11) is 3.65. The summed E-state index contributed by atoms with van der Waals surface area (Å²) in [6.07, 6.45) is 7.52. The van der Waals surface area contributed by atoms with Crippen molar-refractivity contribution in [3.05, 3.63) is 12.4 Å². The fraction of sp³-hybridized carbons (Fsp3) is 0.737. The van der Waals surface area contributed by atoms with Crippen LogP contribution in [0.3, 0.4) is 0 Å². The van der Waals surface area contributed by atoms with E-state index in [-0.39, 0.29) is 5.91 Å². The van der Waals surface area contributed by atoms with Crippen molar-refractivity contribution in [2.45, 2.75) is 45.2 Å². The molecular weight excluding hydrogens is 342 g/mol. The van der Waals surface area contributed by atoms with Crippen LogP contribution in [0.2, 0.25) is 0 Å². The molecular formula is C19H33N7O. The lowest BCUT2D eigenvalue weighted by Crippen LogP contribution is -2.57. The van der Waals surface area contributed by atoms with Crippen molar-refractivity contribution in [3.8, 4) is 0 Å². The minimum atomic E-state index is 0.0786. The Morgan fingerprint density at radius 2 is 2.19 bits per heavy atom. The van der Waals surface area contributed by atoms with Crippen LogP contribution in [0.1, 0.15) is 33.1 Å². The van der Waals surface area contributed by atoms with Gasteiger partial charge in [-0.25, -0.2) is 0 Å². The van der Waals surface area contributed by atoms with Crippen LogP contribution in [0.5, 0.6) is 0 Å². The Morgan fingerprint density at radius 1 is 1.37 bits per heavy atom. The molecule has 1 aromatic heterocycles. The number of aryl methyl sites for hydroxylation is 1. The van der Waals surface area contributed by atoms with Crippen LogP contribution < -0.4 is 10.2 Å². The lowest BCUT2D eigenvalue weighted by atomic mass is 10.0. The molecule has 0 aromatic carbocycles. The zero-order chi connectivity index (χ0) is 19.4. The molecule has 0 saturated carbocycles. The molecule has 150 valence electrons. The molecule has 0 spiro atoms. The highest BCUT2D eigenvalue weighted by molar-refractivity contribution is 5.98. The zero-order valence-corrected chi connectivity index (χ0v) is 17.1. The average Bonchev–Trinajstić information content (AvgIpc) is 3.08. The first-order valence-electron chi connectivity index (χ1n) is 10.00. The van der Waals surface area contributed by atoms with Crippen LogP contribution in [-0.4, -0.2) is 83.3 Å². The number of likely N-dealkylation sites (tertiary alicyclic amines) is 1. The molecule has 2 fully saturated rings. The van der Waals surface area contributed by atoms with E-state index in [2.05, 4.69) is 34.2 Å². The minimum absolute atomic E-state index is 0.0786. The van der Waals surface area contributed by atoms with E-state index in [1.54, 1.807) is 22.8 Å². The number of anilines is 1. The molecule has 0 bridgehead atoms. The molecule has 2 unspecified atom stereocenters. The van der Waals surface area contributed by atoms with E-state index in [0.29, 0.717) is 25.2 Å². The number of carbonyl (C=O) groups is 1. The fourth-order valence-corrected chi connectivity index (χ4v) is 4.14. The van der Waals surface area contributed by atoms with Gasteiger partial charge in [0.15, 0.2) is 5.96 Å². The van der Waals surface area contributed by atoms with Gasteiger partial charge >= 0.3 is 0 Å². The third kappa shape index (κ3) is 4.61. The summed E-state index contributed by atoms with van der Waals surface area (Å²) in [5.41, 5.74) is 0.859. The highest BCUT2D eigenvalue weighted by Crippen LogP contribution is 2.19. The molecule has 0 radical (unpaired) electrons. The molecule has 2 aliphatic heterocycles. The molecule has 8 nitrogen and oxygen atoms in total. The lowest BCUT2D eigenvalue weighted by molar-refractivity contribution is -0.120. The van der Waals surface area contributed by atoms with Crippen LogP contribution >= 0.6 is 0 Å². The fourth-order valence-electron chi connectivity index (χ4n) is 4.14. The van der Waals surface area contributed by atoms with Crippen molar-refractivity contribution in [2.24, 2.45) is 12.0 Å². The summed E-state index contributed by atoms with van der Waals surface area (Å²) in [5, 5.41) is 7.65. The zero-order valence-electron chi connectivity index (χ0n) is 17.1. The number of rotatable bonds is 4. The van der Waals surface area contributed by atoms with Crippen molar-refractivity contribution in [1.29, 1.82) is 0 Å². The van der Waals surface area contributed by atoms with E-state index in [1.165, 1.54) is 25.8 Å². The van der Waals surface area contributed by atoms with E-state index < -0.39 is 0 Å². The maximum atomic E-state index is 12.6. The van der Waals surface area contributed by atoms with Crippen molar-refractivity contribution < 1.29 is 4.79 Å². The summed E-state index contributed by atoms with van der Waals surface area (Å²) < 4.78 is 1.72. The van der Waals surface area contributed by atoms with Crippen LogP contribution in [0.15, 0.2) is 17.4 Å². The summed E-state index contributed by atoms with van der Waals surface area (Å²) in [5.74, 6) is 0.889. The van der Waals surface area contributed by atoms with Gasteiger partial charge in [-0.15, -0.1) is 0 Å². The van der Waals surface area contributed by atoms with Gasteiger partial charge in [0, 0.05) is 52.0 Å². The Bertz CT molecular complexity index is 671. The first-order valence-corrected chi connectivity index (χ1v) is 10.00. The standard InChI is InChI=1S/C19H33N7O/c1-15-7-5-6-8-25(15)16(2)11-21-19(20-3)24-9-10-26(18(27)14-24)17-12-22-23(4)13-17/h12-13,15-16H,5-11,14H2,1-4H3,(H,20,21). The third-order valence-electron chi connectivity index (χ3n) is 5.71. The van der Waals surface area contributed by atoms with Gasteiger partial charge in [0.05, 0.1) is 11.9 Å². The molecule has 1 aromatic rings. The monoisotopic (exact) mass is 375 g/mol. The van der Waals surface area contributed by atoms with Gasteiger partial charge in [-0.1, -0.05) is 6.42 Å². The van der Waals surface area contributed by atoms with Gasteiger partial charge in [0.25, 0.3) is 0 Å². The number of carbonyl (C=O) groups excluding carboxylic acids is 1. The molecule has 1 amide bonds. The second-order valence-corrected chi connectivity index (χ2v) is 7.70. The summed E-state index contributed by atoms with van der Waals surface area (Å²) >= 11 is 0. The van der Waals surface area contributed by atoms with Crippen LogP contribution in [0, 0.1) is 0 Å². The van der Waals surface area contributed by atoms with Crippen molar-refractivity contribution in [1.82, 2.24) is 24.9 Å². The number of nitrogens with zero attached hydrogens (tertiary/aromatic N) is 6. The quantitative estimate of drug-likeness (QED) is 0.626. The van der Waals surface area contributed by atoms with Crippen LogP contribution in [-0.2, 0) is 11.8 Å². The third-order valence-corrected chi connectivity index (χ3v) is 5.71. The van der Waals surface area contributed by atoms with E-state index in [0.717, 1.165) is 24.7 Å². The summed E-state index contributed by atoms with van der Waals surface area (Å²) in [4.78, 5) is 23.5. The molecule has 8 heteroatoms. The van der Waals surface area contributed by atoms with Crippen molar-refractivity contribution in [2.75, 3.05) is 44.7 Å². The van der Waals surface area contributed by atoms with Gasteiger partial charge in [-0.05, 0) is 33.2 Å². The molecule has 2 aliphatic rings. The smallest absolute Gasteiger partial charge is 0.246 e. The van der Waals surface area contributed by atoms with Crippen LogP contribution in [0.25, 0.3) is 0 Å². The highest BCUT2D eigenvalue weighted by Gasteiger charge is 2.28. The topological polar surface area (TPSA) is 69.0 Å². The van der Waals surface area contributed by atoms with Gasteiger partial charge in [0.1, 0.15) is 6.54 Å². The van der Waals surface area contributed by atoms with Crippen molar-refractivity contribution >= 4 is 17.6 Å². The van der Waals surface area contributed by atoms with E-state index >= 15 is 0 Å². The maximum absolute atomic E-state index is 12.6. The number of piperazine rings is 1. The molecule has 0 aliphatic carbocycles. The molecule has 3 heterocycles. The Balaban J connectivity index is 1.53. The molecule has 27 heavy (non-hydrogen) atoms. The molecule has 2 saturated heterocycles. The number of guanidine groups is 1. The molecule has 3 rings (SSSR count). The number of hydrogen-bond donors (Lipinski definition) is 1. The van der Waals surface area contributed by atoms with Gasteiger partial charge in [-0.2, -0.15) is 5.10 Å².